The molecule has 0 saturated carbocycles. The summed E-state index contributed by atoms with van der Waals surface area (Å²) in [5.74, 6) is 1.92. The van der Waals surface area contributed by atoms with Gasteiger partial charge >= 0.3 is 0 Å². The molecule has 0 N–H and O–H groups in total. The topological polar surface area (TPSA) is 23.6 Å². The van der Waals surface area contributed by atoms with E-state index in [0.29, 0.717) is 5.91 Å². The molecule has 0 aliphatic carbocycles. The minimum absolute atomic E-state index is 0.379. The zero-order valence-corrected chi connectivity index (χ0v) is 10.6. The molecule has 0 spiro atoms. The van der Waals surface area contributed by atoms with Crippen molar-refractivity contribution in [3.8, 4) is 0 Å². The summed E-state index contributed by atoms with van der Waals surface area (Å²) >= 11 is 0. The Balaban J connectivity index is 1.90. The largest absolute Gasteiger partial charge is 0.342 e. The molecule has 1 amide bonds. The SMILES string of the molecule is CCCC(=O)N1CC2CCN(C)CCC2C1. The first-order valence-electron chi connectivity index (χ1n) is 6.67. The van der Waals surface area contributed by atoms with Crippen LogP contribution in [-0.4, -0.2) is 48.9 Å². The lowest BCUT2D eigenvalue weighted by Gasteiger charge is -2.18. The third kappa shape index (κ3) is 2.57. The first kappa shape index (κ1) is 11.9. The first-order valence-corrected chi connectivity index (χ1v) is 6.67. The summed E-state index contributed by atoms with van der Waals surface area (Å²) in [7, 11) is 2.21. The molecule has 92 valence electrons. The van der Waals surface area contributed by atoms with Gasteiger partial charge in [-0.15, -0.1) is 0 Å². The van der Waals surface area contributed by atoms with E-state index in [1.54, 1.807) is 0 Å². The number of amides is 1. The van der Waals surface area contributed by atoms with Gasteiger partial charge in [0.15, 0.2) is 0 Å². The van der Waals surface area contributed by atoms with Crippen molar-refractivity contribution in [1.29, 1.82) is 0 Å². The van der Waals surface area contributed by atoms with Crippen LogP contribution in [-0.2, 0) is 4.79 Å². The maximum absolute atomic E-state index is 11.9. The van der Waals surface area contributed by atoms with E-state index in [1.807, 2.05) is 0 Å². The fraction of sp³-hybridized carbons (Fsp3) is 0.923. The van der Waals surface area contributed by atoms with Crippen LogP contribution in [0, 0.1) is 11.8 Å². The van der Waals surface area contributed by atoms with Crippen LogP contribution in [0.1, 0.15) is 32.6 Å². The van der Waals surface area contributed by atoms with E-state index in [9.17, 15) is 4.79 Å². The number of likely N-dealkylation sites (tertiary alicyclic amines) is 2. The quantitative estimate of drug-likeness (QED) is 0.711. The van der Waals surface area contributed by atoms with Gasteiger partial charge in [0.25, 0.3) is 0 Å². The lowest BCUT2D eigenvalue weighted by Crippen LogP contribution is -2.30. The summed E-state index contributed by atoms with van der Waals surface area (Å²) in [6.07, 6.45) is 4.26. The van der Waals surface area contributed by atoms with Gasteiger partial charge in [0, 0.05) is 19.5 Å². The zero-order chi connectivity index (χ0) is 11.5. The van der Waals surface area contributed by atoms with E-state index < -0.39 is 0 Å². The Hall–Kier alpha value is -0.570. The van der Waals surface area contributed by atoms with Crippen LogP contribution < -0.4 is 0 Å². The fourth-order valence-electron chi connectivity index (χ4n) is 3.05. The van der Waals surface area contributed by atoms with Crippen molar-refractivity contribution < 1.29 is 4.79 Å². The minimum atomic E-state index is 0.379. The van der Waals surface area contributed by atoms with Gasteiger partial charge in [-0.1, -0.05) is 6.92 Å². The highest BCUT2D eigenvalue weighted by molar-refractivity contribution is 5.76. The van der Waals surface area contributed by atoms with E-state index in [4.69, 9.17) is 0 Å². The zero-order valence-electron chi connectivity index (χ0n) is 10.6. The molecular formula is C13H24N2O. The highest BCUT2D eigenvalue weighted by Gasteiger charge is 2.35. The summed E-state index contributed by atoms with van der Waals surface area (Å²) in [6, 6.07) is 0. The Bertz CT molecular complexity index is 238. The number of nitrogens with zero attached hydrogens (tertiary/aromatic N) is 2. The minimum Gasteiger partial charge on any atom is -0.342 e. The lowest BCUT2D eigenvalue weighted by atomic mass is 9.92. The first-order chi connectivity index (χ1) is 7.70. The Morgan fingerprint density at radius 3 is 2.25 bits per heavy atom. The van der Waals surface area contributed by atoms with Gasteiger partial charge in [-0.05, 0) is 51.2 Å². The van der Waals surface area contributed by atoms with Crippen LogP contribution in [0.5, 0.6) is 0 Å². The van der Waals surface area contributed by atoms with E-state index in [2.05, 4.69) is 23.8 Å². The predicted octanol–water partition coefficient (Wildman–Crippen LogP) is 1.59. The van der Waals surface area contributed by atoms with Crippen LogP contribution >= 0.6 is 0 Å². The second-order valence-electron chi connectivity index (χ2n) is 5.45. The molecule has 3 heteroatoms. The van der Waals surface area contributed by atoms with Crippen LogP contribution in [0.4, 0.5) is 0 Å². The molecule has 0 aromatic carbocycles. The standard InChI is InChI=1S/C13H24N2O/c1-3-4-13(16)15-9-11-5-7-14(2)8-6-12(11)10-15/h11-12H,3-10H2,1-2H3. The van der Waals surface area contributed by atoms with Gasteiger partial charge in [-0.25, -0.2) is 0 Å². The second-order valence-corrected chi connectivity index (χ2v) is 5.45. The van der Waals surface area contributed by atoms with Gasteiger partial charge in [-0.3, -0.25) is 4.79 Å². The average molecular weight is 224 g/mol. The Morgan fingerprint density at radius 2 is 1.75 bits per heavy atom. The molecule has 2 atom stereocenters. The van der Waals surface area contributed by atoms with Crippen LogP contribution in [0.3, 0.4) is 0 Å². The third-order valence-corrected chi connectivity index (χ3v) is 4.16. The molecule has 2 saturated heterocycles. The van der Waals surface area contributed by atoms with E-state index >= 15 is 0 Å². The Kier molecular flexibility index (Phi) is 3.85. The lowest BCUT2D eigenvalue weighted by molar-refractivity contribution is -0.130. The molecule has 2 aliphatic heterocycles. The van der Waals surface area contributed by atoms with Crippen LogP contribution in [0.2, 0.25) is 0 Å². The monoisotopic (exact) mass is 224 g/mol. The molecule has 0 aromatic heterocycles. The van der Waals surface area contributed by atoms with E-state index in [-0.39, 0.29) is 0 Å². The Labute approximate surface area is 98.8 Å². The Morgan fingerprint density at radius 1 is 1.19 bits per heavy atom. The van der Waals surface area contributed by atoms with Gasteiger partial charge < -0.3 is 9.80 Å². The predicted molar refractivity (Wildman–Crippen MR) is 65.2 cm³/mol. The molecule has 2 fully saturated rings. The van der Waals surface area contributed by atoms with Crippen molar-refractivity contribution in [2.24, 2.45) is 11.8 Å². The molecule has 3 nitrogen and oxygen atoms in total. The van der Waals surface area contributed by atoms with Gasteiger partial charge in [0.2, 0.25) is 5.91 Å². The number of hydrogen-bond acceptors (Lipinski definition) is 2. The normalized spacial score (nSPS) is 31.2. The molecule has 2 unspecified atom stereocenters. The molecule has 2 heterocycles. The van der Waals surface area contributed by atoms with Gasteiger partial charge in [0.05, 0.1) is 0 Å². The fourth-order valence-corrected chi connectivity index (χ4v) is 3.05. The maximum Gasteiger partial charge on any atom is 0.222 e. The van der Waals surface area contributed by atoms with Crippen molar-refractivity contribution in [1.82, 2.24) is 9.80 Å². The summed E-state index contributed by atoms with van der Waals surface area (Å²) in [6.45, 7) is 6.55. The van der Waals surface area contributed by atoms with Gasteiger partial charge in [-0.2, -0.15) is 0 Å². The summed E-state index contributed by atoms with van der Waals surface area (Å²) in [5.41, 5.74) is 0. The molecule has 0 radical (unpaired) electrons. The molecule has 16 heavy (non-hydrogen) atoms. The van der Waals surface area contributed by atoms with Gasteiger partial charge in [0.1, 0.15) is 0 Å². The summed E-state index contributed by atoms with van der Waals surface area (Å²) in [4.78, 5) is 16.4. The van der Waals surface area contributed by atoms with Crippen LogP contribution in [0.15, 0.2) is 0 Å². The van der Waals surface area contributed by atoms with Crippen molar-refractivity contribution in [3.05, 3.63) is 0 Å². The summed E-state index contributed by atoms with van der Waals surface area (Å²) in [5, 5.41) is 0. The smallest absolute Gasteiger partial charge is 0.222 e. The molecule has 2 aliphatic rings. The number of hydrogen-bond donors (Lipinski definition) is 0. The van der Waals surface area contributed by atoms with Crippen molar-refractivity contribution in [2.45, 2.75) is 32.6 Å². The third-order valence-electron chi connectivity index (χ3n) is 4.16. The molecule has 0 aromatic rings. The summed E-state index contributed by atoms with van der Waals surface area (Å²) < 4.78 is 0. The van der Waals surface area contributed by atoms with Crippen LogP contribution in [0.25, 0.3) is 0 Å². The van der Waals surface area contributed by atoms with Crippen molar-refractivity contribution >= 4 is 5.91 Å². The number of carbonyl (C=O) groups excluding carboxylic acids is 1. The van der Waals surface area contributed by atoms with Crippen molar-refractivity contribution in [3.63, 3.8) is 0 Å². The van der Waals surface area contributed by atoms with E-state index in [0.717, 1.165) is 37.8 Å². The number of rotatable bonds is 2. The number of fused-ring (bicyclic) bond motifs is 1. The molecule has 0 bridgehead atoms. The number of carbonyl (C=O) groups is 1. The highest BCUT2D eigenvalue weighted by atomic mass is 16.2. The maximum atomic E-state index is 11.9. The molecular weight excluding hydrogens is 200 g/mol. The van der Waals surface area contributed by atoms with Crippen molar-refractivity contribution in [2.75, 3.05) is 33.2 Å². The second kappa shape index (κ2) is 5.17. The average Bonchev–Trinajstić information content (AvgIpc) is 2.60. The van der Waals surface area contributed by atoms with E-state index in [1.165, 1.54) is 25.9 Å². The highest BCUT2D eigenvalue weighted by Crippen LogP contribution is 2.31. The molecule has 2 rings (SSSR count).